The quantitative estimate of drug-likeness (QED) is 0.626. The van der Waals surface area contributed by atoms with Crippen LogP contribution in [0.3, 0.4) is 0 Å². The molecule has 2 N–H and O–H groups in total. The first-order chi connectivity index (χ1) is 15.0. The smallest absolute Gasteiger partial charge is 0.331 e. The molecule has 2 aromatic carbocycles. The summed E-state index contributed by atoms with van der Waals surface area (Å²) in [6, 6.07) is 14.7. The van der Waals surface area contributed by atoms with Gasteiger partial charge in [-0.1, -0.05) is 36.4 Å². The van der Waals surface area contributed by atoms with Crippen molar-refractivity contribution >= 4 is 11.9 Å². The molecule has 1 aliphatic heterocycles. The number of nitrogens with one attached hydrogen (secondary N) is 1. The van der Waals surface area contributed by atoms with Gasteiger partial charge in [-0.15, -0.1) is 0 Å². The zero-order valence-electron chi connectivity index (χ0n) is 18.0. The summed E-state index contributed by atoms with van der Waals surface area (Å²) in [6.45, 7) is 5.91. The Morgan fingerprint density at radius 1 is 1.03 bits per heavy atom. The Bertz CT molecular complexity index is 859. The second-order valence-corrected chi connectivity index (χ2v) is 7.79. The van der Waals surface area contributed by atoms with Crippen molar-refractivity contribution in [2.24, 2.45) is 0 Å². The Labute approximate surface area is 183 Å². The largest absolute Gasteiger partial charge is 0.467 e. The summed E-state index contributed by atoms with van der Waals surface area (Å²) >= 11 is 0. The van der Waals surface area contributed by atoms with Crippen molar-refractivity contribution in [3.63, 3.8) is 0 Å². The maximum Gasteiger partial charge on any atom is 0.331 e. The Morgan fingerprint density at radius 3 is 2.13 bits per heavy atom. The van der Waals surface area contributed by atoms with Crippen LogP contribution in [-0.2, 0) is 27.2 Å². The Kier molecular flexibility index (Phi) is 8.17. The van der Waals surface area contributed by atoms with Gasteiger partial charge in [0.25, 0.3) is 5.91 Å². The molecule has 0 bridgehead atoms. The molecule has 0 unspecified atom stereocenters. The van der Waals surface area contributed by atoms with Gasteiger partial charge in [0.05, 0.1) is 26.4 Å². The Balaban J connectivity index is 1.56. The van der Waals surface area contributed by atoms with Crippen LogP contribution in [0.4, 0.5) is 0 Å². The maximum absolute atomic E-state index is 12.4. The fourth-order valence-electron chi connectivity index (χ4n) is 3.52. The predicted molar refractivity (Wildman–Crippen MR) is 117 cm³/mol. The van der Waals surface area contributed by atoms with E-state index in [0.717, 1.165) is 44.8 Å². The molecular weight excluding hydrogens is 396 g/mol. The van der Waals surface area contributed by atoms with E-state index in [1.807, 2.05) is 12.1 Å². The van der Waals surface area contributed by atoms with Crippen LogP contribution in [0.25, 0.3) is 0 Å². The number of esters is 1. The molecular formula is C24H30N2O5. The predicted octanol–water partition coefficient (Wildman–Crippen LogP) is 1.76. The number of benzene rings is 2. The monoisotopic (exact) mass is 426 g/mol. The summed E-state index contributed by atoms with van der Waals surface area (Å²) in [5.41, 5.74) is 3.98. The molecule has 166 valence electrons. The van der Waals surface area contributed by atoms with E-state index in [9.17, 15) is 14.7 Å². The molecule has 1 amide bonds. The fourth-order valence-corrected chi connectivity index (χ4v) is 3.52. The number of aliphatic hydroxyl groups excluding tert-OH is 1. The van der Waals surface area contributed by atoms with Crippen molar-refractivity contribution in [2.45, 2.75) is 32.0 Å². The summed E-state index contributed by atoms with van der Waals surface area (Å²) in [5, 5.41) is 12.2. The van der Waals surface area contributed by atoms with Crippen LogP contribution in [0.2, 0.25) is 0 Å². The van der Waals surface area contributed by atoms with Crippen LogP contribution in [0.15, 0.2) is 48.5 Å². The molecule has 31 heavy (non-hydrogen) atoms. The first kappa shape index (κ1) is 22.9. The number of carbonyl (C=O) groups excluding carboxylic acids is 2. The summed E-state index contributed by atoms with van der Waals surface area (Å²) in [5.74, 6) is -1.12. The summed E-state index contributed by atoms with van der Waals surface area (Å²) in [6.07, 6.45) is -0.292. The lowest BCUT2D eigenvalue weighted by Crippen LogP contribution is -2.48. The minimum Gasteiger partial charge on any atom is -0.467 e. The second kappa shape index (κ2) is 11.0. The van der Waals surface area contributed by atoms with Crippen molar-refractivity contribution in [1.82, 2.24) is 10.2 Å². The minimum atomic E-state index is -1.10. The van der Waals surface area contributed by atoms with E-state index in [4.69, 9.17) is 4.74 Å². The van der Waals surface area contributed by atoms with Crippen LogP contribution < -0.4 is 5.32 Å². The molecule has 0 aliphatic carbocycles. The summed E-state index contributed by atoms with van der Waals surface area (Å²) < 4.78 is 10.0. The highest BCUT2D eigenvalue weighted by molar-refractivity contribution is 5.96. The van der Waals surface area contributed by atoms with E-state index in [1.165, 1.54) is 25.2 Å². The number of hydrogen-bond acceptors (Lipinski definition) is 6. The first-order valence-corrected chi connectivity index (χ1v) is 10.5. The standard InChI is InChI=1S/C24H30N2O5/c1-17(27)22(24(29)30-2)25-23(28)21-9-7-19(8-10-21)15-18-3-5-20(6-4-18)16-26-11-13-31-14-12-26/h3-10,17,22,27H,11-16H2,1-2H3,(H,25,28)/t17-,22+/m1/s1. The molecule has 7 heteroatoms. The molecule has 7 nitrogen and oxygen atoms in total. The van der Waals surface area contributed by atoms with Gasteiger partial charge < -0.3 is 19.9 Å². The Morgan fingerprint density at radius 2 is 1.58 bits per heavy atom. The third-order valence-electron chi connectivity index (χ3n) is 5.38. The molecule has 1 fully saturated rings. The lowest BCUT2D eigenvalue weighted by Gasteiger charge is -2.26. The normalized spacial score (nSPS) is 16.4. The molecule has 1 heterocycles. The maximum atomic E-state index is 12.4. The number of morpholine rings is 1. The third-order valence-corrected chi connectivity index (χ3v) is 5.38. The van der Waals surface area contributed by atoms with Gasteiger partial charge in [-0.3, -0.25) is 9.69 Å². The molecule has 1 aliphatic rings. The zero-order chi connectivity index (χ0) is 22.2. The van der Waals surface area contributed by atoms with Gasteiger partial charge >= 0.3 is 5.97 Å². The Hall–Kier alpha value is -2.74. The van der Waals surface area contributed by atoms with Gasteiger partial charge in [-0.25, -0.2) is 4.79 Å². The molecule has 0 spiro atoms. The highest BCUT2D eigenvalue weighted by atomic mass is 16.5. The molecule has 2 aromatic rings. The van der Waals surface area contributed by atoms with Gasteiger partial charge in [0.1, 0.15) is 0 Å². The van der Waals surface area contributed by atoms with Crippen LogP contribution in [-0.4, -0.2) is 67.4 Å². The van der Waals surface area contributed by atoms with Gasteiger partial charge in [0, 0.05) is 25.2 Å². The SMILES string of the molecule is COC(=O)[C@@H](NC(=O)c1ccc(Cc2ccc(CN3CCOCC3)cc2)cc1)[C@@H](C)O. The number of methoxy groups -OCH3 is 1. The number of nitrogens with zero attached hydrogens (tertiary/aromatic N) is 1. The van der Waals surface area contributed by atoms with Crippen LogP contribution in [0.1, 0.15) is 34.0 Å². The second-order valence-electron chi connectivity index (χ2n) is 7.79. The number of carbonyl (C=O) groups is 2. The molecule has 0 saturated carbocycles. The number of hydrogen-bond donors (Lipinski definition) is 2. The fraction of sp³-hybridized carbons (Fsp3) is 0.417. The van der Waals surface area contributed by atoms with Crippen LogP contribution >= 0.6 is 0 Å². The lowest BCUT2D eigenvalue weighted by molar-refractivity contribution is -0.145. The average Bonchev–Trinajstić information content (AvgIpc) is 2.79. The molecule has 0 radical (unpaired) electrons. The first-order valence-electron chi connectivity index (χ1n) is 10.5. The molecule has 0 aromatic heterocycles. The van der Waals surface area contributed by atoms with E-state index in [2.05, 4.69) is 39.2 Å². The van der Waals surface area contributed by atoms with E-state index >= 15 is 0 Å². The average molecular weight is 427 g/mol. The van der Waals surface area contributed by atoms with E-state index in [-0.39, 0.29) is 0 Å². The van der Waals surface area contributed by atoms with Gasteiger partial charge in [-0.05, 0) is 42.2 Å². The number of rotatable bonds is 8. The lowest BCUT2D eigenvalue weighted by atomic mass is 10.0. The molecule has 1 saturated heterocycles. The highest BCUT2D eigenvalue weighted by Gasteiger charge is 2.26. The summed E-state index contributed by atoms with van der Waals surface area (Å²) in [7, 11) is 1.22. The number of amides is 1. The van der Waals surface area contributed by atoms with E-state index in [0.29, 0.717) is 5.56 Å². The van der Waals surface area contributed by atoms with Gasteiger partial charge in [0.2, 0.25) is 0 Å². The van der Waals surface area contributed by atoms with Crippen LogP contribution in [0.5, 0.6) is 0 Å². The topological polar surface area (TPSA) is 88.1 Å². The van der Waals surface area contributed by atoms with Gasteiger partial charge in [-0.2, -0.15) is 0 Å². The van der Waals surface area contributed by atoms with E-state index < -0.39 is 24.0 Å². The number of ether oxygens (including phenoxy) is 2. The van der Waals surface area contributed by atoms with E-state index in [1.54, 1.807) is 12.1 Å². The van der Waals surface area contributed by atoms with Crippen molar-refractivity contribution < 1.29 is 24.2 Å². The van der Waals surface area contributed by atoms with Gasteiger partial charge in [0.15, 0.2) is 6.04 Å². The zero-order valence-corrected chi connectivity index (χ0v) is 18.0. The van der Waals surface area contributed by atoms with Crippen molar-refractivity contribution in [2.75, 3.05) is 33.4 Å². The number of aliphatic hydroxyl groups is 1. The highest BCUT2D eigenvalue weighted by Crippen LogP contribution is 2.14. The summed E-state index contributed by atoms with van der Waals surface area (Å²) in [4.78, 5) is 26.5. The van der Waals surface area contributed by atoms with Crippen molar-refractivity contribution in [3.8, 4) is 0 Å². The molecule has 2 atom stereocenters. The minimum absolute atomic E-state index is 0.416. The third kappa shape index (κ3) is 6.62. The van der Waals surface area contributed by atoms with Crippen molar-refractivity contribution in [1.29, 1.82) is 0 Å². The van der Waals surface area contributed by atoms with Crippen molar-refractivity contribution in [3.05, 3.63) is 70.8 Å². The molecule has 3 rings (SSSR count). The van der Waals surface area contributed by atoms with Crippen LogP contribution in [0, 0.1) is 0 Å².